The number of nitrogens with one attached hydrogen (secondary N) is 1. The van der Waals surface area contributed by atoms with Crippen molar-refractivity contribution in [2.75, 3.05) is 18.5 Å². The average Bonchev–Trinajstić information content (AvgIpc) is 3.77. The number of nitrogens with zero attached hydrogens (tertiary/aromatic N) is 7. The number of rotatable bonds is 6. The molecule has 7 rings (SSSR count). The third-order valence-corrected chi connectivity index (χ3v) is 7.12. The van der Waals surface area contributed by atoms with Crippen LogP contribution < -0.4 is 5.32 Å². The van der Waals surface area contributed by atoms with Gasteiger partial charge in [-0.25, -0.2) is 19.4 Å². The van der Waals surface area contributed by atoms with Crippen LogP contribution in [0.4, 0.5) is 5.82 Å². The number of para-hydroxylation sites is 1. The highest BCUT2D eigenvalue weighted by atomic mass is 16.6. The molecule has 2 aliphatic rings. The molecule has 1 aromatic carbocycles. The van der Waals surface area contributed by atoms with Crippen LogP contribution in [-0.2, 0) is 14.3 Å². The van der Waals surface area contributed by atoms with Crippen LogP contribution in [0.15, 0.2) is 55.1 Å². The molecular weight excluding hydrogens is 520 g/mol. The zero-order chi connectivity index (χ0) is 27.4. The van der Waals surface area contributed by atoms with E-state index in [1.54, 1.807) is 12.4 Å². The summed E-state index contributed by atoms with van der Waals surface area (Å²) in [6.45, 7) is 1.11. The van der Waals surface area contributed by atoms with Gasteiger partial charge in [0.05, 0.1) is 36.4 Å². The maximum atomic E-state index is 11.5. The molecule has 2 saturated heterocycles. The Morgan fingerprint density at radius 2 is 1.95 bits per heavy atom. The van der Waals surface area contributed by atoms with E-state index in [1.807, 2.05) is 36.4 Å². The summed E-state index contributed by atoms with van der Waals surface area (Å²) in [7, 11) is 0. The van der Waals surface area contributed by atoms with E-state index in [1.165, 1.54) is 15.6 Å². The lowest BCUT2D eigenvalue weighted by molar-refractivity contribution is -0.155. The second-order valence-corrected chi connectivity index (χ2v) is 9.73. The molecule has 5 atom stereocenters. The molecule has 14 nitrogen and oxygen atoms in total. The molecule has 6 heterocycles. The third-order valence-electron chi connectivity index (χ3n) is 7.12. The van der Waals surface area contributed by atoms with Gasteiger partial charge in [-0.15, -0.1) is 0 Å². The van der Waals surface area contributed by atoms with Crippen molar-refractivity contribution in [1.29, 1.82) is 0 Å². The minimum Gasteiger partial charge on any atom is -0.479 e. The monoisotopic (exact) mass is 544 g/mol. The molecule has 0 saturated carbocycles. The molecular formula is C26H24N8O6. The minimum atomic E-state index is -1.63. The molecule has 5 aromatic rings. The van der Waals surface area contributed by atoms with Gasteiger partial charge >= 0.3 is 5.97 Å². The molecule has 14 heteroatoms. The number of aliphatic carboxylic acids is 1. The Kier molecular flexibility index (Phi) is 5.89. The van der Waals surface area contributed by atoms with Crippen molar-refractivity contribution in [3.63, 3.8) is 0 Å². The van der Waals surface area contributed by atoms with Gasteiger partial charge in [0.2, 0.25) is 0 Å². The number of carbonyl (C=O) groups is 1. The lowest BCUT2D eigenvalue weighted by Gasteiger charge is -2.17. The molecule has 4 aromatic heterocycles. The first kappa shape index (κ1) is 24.5. The van der Waals surface area contributed by atoms with Gasteiger partial charge in [0.25, 0.3) is 5.95 Å². The number of aromatic nitrogens is 7. The van der Waals surface area contributed by atoms with Crippen LogP contribution in [-0.4, -0.2) is 93.1 Å². The zero-order valence-corrected chi connectivity index (χ0v) is 20.9. The van der Waals surface area contributed by atoms with Crippen molar-refractivity contribution in [2.45, 2.75) is 37.0 Å². The van der Waals surface area contributed by atoms with Crippen LogP contribution in [0.5, 0.6) is 0 Å². The Morgan fingerprint density at radius 1 is 1.07 bits per heavy atom. The van der Waals surface area contributed by atoms with E-state index in [2.05, 4.69) is 25.4 Å². The van der Waals surface area contributed by atoms with Crippen LogP contribution >= 0.6 is 0 Å². The molecule has 0 aliphatic carbocycles. The molecule has 204 valence electrons. The maximum Gasteiger partial charge on any atom is 0.335 e. The summed E-state index contributed by atoms with van der Waals surface area (Å²) < 4.78 is 13.9. The summed E-state index contributed by atoms with van der Waals surface area (Å²) in [5, 5.41) is 39.1. The Morgan fingerprint density at radius 3 is 2.75 bits per heavy atom. The van der Waals surface area contributed by atoms with Gasteiger partial charge in [-0.05, 0) is 18.6 Å². The van der Waals surface area contributed by atoms with Crippen molar-refractivity contribution >= 4 is 33.9 Å². The van der Waals surface area contributed by atoms with E-state index >= 15 is 0 Å². The topological polar surface area (TPSA) is 183 Å². The average molecular weight is 545 g/mol. The van der Waals surface area contributed by atoms with Gasteiger partial charge in [0.1, 0.15) is 12.2 Å². The van der Waals surface area contributed by atoms with Gasteiger partial charge in [-0.2, -0.15) is 15.1 Å². The highest BCUT2D eigenvalue weighted by molar-refractivity contribution is 5.84. The highest BCUT2D eigenvalue weighted by Gasteiger charge is 2.48. The smallest absolute Gasteiger partial charge is 0.335 e. The molecule has 0 spiro atoms. The van der Waals surface area contributed by atoms with E-state index in [0.29, 0.717) is 24.5 Å². The number of pyridine rings is 1. The molecule has 40 heavy (non-hydrogen) atoms. The van der Waals surface area contributed by atoms with Gasteiger partial charge in [-0.1, -0.05) is 24.3 Å². The number of carboxylic acid groups (broad SMARTS) is 1. The first-order valence-electron chi connectivity index (χ1n) is 12.7. The Balaban J connectivity index is 1.30. The number of hydrogen-bond donors (Lipinski definition) is 4. The fourth-order valence-electron chi connectivity index (χ4n) is 5.02. The van der Waals surface area contributed by atoms with Crippen LogP contribution in [0.25, 0.3) is 39.3 Å². The number of aliphatic hydroxyl groups is 2. The van der Waals surface area contributed by atoms with Crippen LogP contribution in [0.1, 0.15) is 12.6 Å². The molecule has 0 unspecified atom stereocenters. The lowest BCUT2D eigenvalue weighted by atomic mass is 10.1. The van der Waals surface area contributed by atoms with Gasteiger partial charge in [0, 0.05) is 23.8 Å². The number of hydrogen-bond acceptors (Lipinski definition) is 11. The fraction of sp³-hybridized carbons (Fsp3) is 0.308. The van der Waals surface area contributed by atoms with E-state index in [-0.39, 0.29) is 17.6 Å². The van der Waals surface area contributed by atoms with Gasteiger partial charge in [0.15, 0.2) is 29.3 Å². The first-order chi connectivity index (χ1) is 19.5. The summed E-state index contributed by atoms with van der Waals surface area (Å²) in [6.07, 6.45) is -0.416. The zero-order valence-electron chi connectivity index (χ0n) is 20.9. The third kappa shape index (κ3) is 4.14. The summed E-state index contributed by atoms with van der Waals surface area (Å²) in [4.78, 5) is 30.0. The van der Waals surface area contributed by atoms with E-state index < -0.39 is 30.5 Å². The summed E-state index contributed by atoms with van der Waals surface area (Å²) >= 11 is 0. The van der Waals surface area contributed by atoms with Crippen LogP contribution in [0.3, 0.4) is 0 Å². The quantitative estimate of drug-likeness (QED) is 0.239. The highest BCUT2D eigenvalue weighted by Crippen LogP contribution is 2.33. The van der Waals surface area contributed by atoms with E-state index in [9.17, 15) is 20.1 Å². The largest absolute Gasteiger partial charge is 0.479 e. The number of fused-ring (bicyclic) bond motifs is 2. The summed E-state index contributed by atoms with van der Waals surface area (Å²) in [6, 6.07) is 11.7. The Labute approximate surface area is 225 Å². The lowest BCUT2D eigenvalue weighted by Crippen LogP contribution is -2.35. The van der Waals surface area contributed by atoms with Crippen molar-refractivity contribution < 1.29 is 29.6 Å². The van der Waals surface area contributed by atoms with Crippen LogP contribution in [0, 0.1) is 0 Å². The number of aliphatic hydroxyl groups excluding tert-OH is 2. The van der Waals surface area contributed by atoms with Gasteiger partial charge < -0.3 is 30.1 Å². The normalized spacial score (nSPS) is 24.7. The predicted octanol–water partition coefficient (Wildman–Crippen LogP) is 1.13. The molecule has 0 radical (unpaired) electrons. The second-order valence-electron chi connectivity index (χ2n) is 9.73. The van der Waals surface area contributed by atoms with Crippen molar-refractivity contribution in [3.8, 4) is 17.2 Å². The number of benzene rings is 1. The van der Waals surface area contributed by atoms with Gasteiger partial charge in [-0.3, -0.25) is 4.57 Å². The molecule has 0 amide bonds. The number of imidazole rings is 1. The van der Waals surface area contributed by atoms with E-state index in [0.717, 1.165) is 28.6 Å². The second kappa shape index (κ2) is 9.60. The van der Waals surface area contributed by atoms with Crippen molar-refractivity contribution in [2.24, 2.45) is 0 Å². The molecule has 0 bridgehead atoms. The Hall–Kier alpha value is -4.50. The first-order valence-corrected chi connectivity index (χ1v) is 12.7. The fourth-order valence-corrected chi connectivity index (χ4v) is 5.02. The van der Waals surface area contributed by atoms with Crippen molar-refractivity contribution in [3.05, 3.63) is 55.1 Å². The van der Waals surface area contributed by atoms with Crippen LogP contribution in [0.2, 0.25) is 0 Å². The number of ether oxygens (including phenoxy) is 2. The maximum absolute atomic E-state index is 11.5. The number of carboxylic acids is 1. The van der Waals surface area contributed by atoms with E-state index in [4.69, 9.17) is 14.5 Å². The summed E-state index contributed by atoms with van der Waals surface area (Å²) in [5.41, 5.74) is 2.98. The standard InChI is InChI=1S/C26H24N8O6/c35-19-20(36)24(40-21(19)25(37)38)33-12-27-18-22(29-15-7-8-39-11-15)31-26(32-23(18)33)34-10-14(9-28-34)17-6-5-13-3-1-2-4-16(13)30-17/h1-6,9-10,12,15,19-21,24,35-36H,7-8,11H2,(H,37,38)(H,29,31,32)/t15-,19-,20+,21+,24-/m1/s1. The SMILES string of the molecule is O=C(O)[C@H]1O[C@@H](n2cnc3c(N[C@@H]4CCOC4)nc(-n4cc(-c5ccc6ccccc6n5)cn4)nc32)[C@@H](O)[C@H]1O. The summed E-state index contributed by atoms with van der Waals surface area (Å²) in [5.74, 6) is -0.771. The predicted molar refractivity (Wildman–Crippen MR) is 140 cm³/mol. The van der Waals surface area contributed by atoms with Crippen molar-refractivity contribution in [1.82, 2.24) is 34.3 Å². The molecule has 4 N–H and O–H groups in total. The number of anilines is 1. The minimum absolute atomic E-state index is 0.00221. The Bertz CT molecular complexity index is 1730. The molecule has 2 fully saturated rings. The molecule has 2 aliphatic heterocycles.